The van der Waals surface area contributed by atoms with Gasteiger partial charge in [-0.3, -0.25) is 9.59 Å². The van der Waals surface area contributed by atoms with Crippen molar-refractivity contribution in [2.75, 3.05) is 6.61 Å². The monoisotopic (exact) mass is 302 g/mol. The Hall–Kier alpha value is -1.47. The largest absolute Gasteiger partial charge is 0.458 e. The van der Waals surface area contributed by atoms with Crippen molar-refractivity contribution < 1.29 is 33.3 Å². The normalized spacial score (nSPS) is 32.3. The second kappa shape index (κ2) is 8.09. The zero-order valence-electron chi connectivity index (χ0n) is 12.7. The van der Waals surface area contributed by atoms with Crippen LogP contribution in [0.1, 0.15) is 34.1 Å². The summed E-state index contributed by atoms with van der Waals surface area (Å²) in [5.41, 5.74) is 0. The Balaban J connectivity index is 2.99. The van der Waals surface area contributed by atoms with Gasteiger partial charge in [-0.25, -0.2) is 0 Å². The van der Waals surface area contributed by atoms with Crippen molar-refractivity contribution in [2.24, 2.45) is 5.92 Å². The molecular weight excluding hydrogens is 280 g/mol. The van der Waals surface area contributed by atoms with Gasteiger partial charge in [0.2, 0.25) is 0 Å². The van der Waals surface area contributed by atoms with Gasteiger partial charge in [0.1, 0.15) is 19.0 Å². The summed E-state index contributed by atoms with van der Waals surface area (Å²) >= 11 is 0. The standard InChI is InChI=1S/C14H22O7/c1-5-11-8(2)12(19-9(3)16)13(20-10(4)17)14(21-11)18-7-6-15/h6,8,11-14H,5,7H2,1-4H3/t8-,11-,12+,13-,14?/m1/s1. The van der Waals surface area contributed by atoms with E-state index in [-0.39, 0.29) is 18.6 Å². The van der Waals surface area contributed by atoms with Crippen molar-refractivity contribution in [1.29, 1.82) is 0 Å². The first-order chi connectivity index (χ1) is 9.90. The molecule has 1 aliphatic heterocycles. The number of hydrogen-bond acceptors (Lipinski definition) is 7. The van der Waals surface area contributed by atoms with Crippen molar-refractivity contribution in [3.63, 3.8) is 0 Å². The predicted octanol–water partition coefficient (Wildman–Crippen LogP) is 0.836. The summed E-state index contributed by atoms with van der Waals surface area (Å²) in [6.07, 6.45) is -1.49. The Morgan fingerprint density at radius 3 is 2.19 bits per heavy atom. The topological polar surface area (TPSA) is 88.1 Å². The fraction of sp³-hybridized carbons (Fsp3) is 0.786. The van der Waals surface area contributed by atoms with Gasteiger partial charge < -0.3 is 23.7 Å². The van der Waals surface area contributed by atoms with Crippen LogP contribution in [0.25, 0.3) is 0 Å². The zero-order chi connectivity index (χ0) is 16.0. The first kappa shape index (κ1) is 17.6. The molecule has 5 atom stereocenters. The van der Waals surface area contributed by atoms with Gasteiger partial charge in [0.25, 0.3) is 0 Å². The van der Waals surface area contributed by atoms with Crippen LogP contribution in [-0.4, -0.2) is 49.4 Å². The number of hydrogen-bond donors (Lipinski definition) is 0. The highest BCUT2D eigenvalue weighted by molar-refractivity contribution is 5.67. The molecule has 0 amide bonds. The molecule has 0 radical (unpaired) electrons. The van der Waals surface area contributed by atoms with Gasteiger partial charge in [-0.15, -0.1) is 0 Å². The minimum Gasteiger partial charge on any atom is -0.458 e. The van der Waals surface area contributed by atoms with E-state index in [2.05, 4.69) is 0 Å². The number of carbonyl (C=O) groups excluding carboxylic acids is 3. The van der Waals surface area contributed by atoms with Crippen LogP contribution in [0.4, 0.5) is 0 Å². The lowest BCUT2D eigenvalue weighted by atomic mass is 9.89. The van der Waals surface area contributed by atoms with Gasteiger partial charge in [0.05, 0.1) is 6.10 Å². The summed E-state index contributed by atoms with van der Waals surface area (Å²) in [5.74, 6) is -1.18. The maximum Gasteiger partial charge on any atom is 0.303 e. The summed E-state index contributed by atoms with van der Waals surface area (Å²) in [6.45, 7) is 6.12. The summed E-state index contributed by atoms with van der Waals surface area (Å²) in [5, 5.41) is 0. The highest BCUT2D eigenvalue weighted by atomic mass is 16.7. The molecule has 0 spiro atoms. The smallest absolute Gasteiger partial charge is 0.303 e. The summed E-state index contributed by atoms with van der Waals surface area (Å²) in [6, 6.07) is 0. The van der Waals surface area contributed by atoms with Gasteiger partial charge in [-0.2, -0.15) is 0 Å². The summed E-state index contributed by atoms with van der Waals surface area (Å²) < 4.78 is 21.5. The van der Waals surface area contributed by atoms with E-state index in [9.17, 15) is 14.4 Å². The number of aldehydes is 1. The van der Waals surface area contributed by atoms with E-state index in [1.807, 2.05) is 13.8 Å². The lowest BCUT2D eigenvalue weighted by Gasteiger charge is -2.43. The van der Waals surface area contributed by atoms with Crippen molar-refractivity contribution in [3.05, 3.63) is 0 Å². The van der Waals surface area contributed by atoms with Crippen molar-refractivity contribution in [1.82, 2.24) is 0 Å². The van der Waals surface area contributed by atoms with Crippen LogP contribution in [0.15, 0.2) is 0 Å². The molecule has 0 aromatic carbocycles. The van der Waals surface area contributed by atoms with Gasteiger partial charge in [0, 0.05) is 19.8 Å². The Kier molecular flexibility index (Phi) is 6.77. The van der Waals surface area contributed by atoms with Crippen LogP contribution < -0.4 is 0 Å². The first-order valence-corrected chi connectivity index (χ1v) is 6.95. The minimum absolute atomic E-state index is 0.167. The second-order valence-corrected chi connectivity index (χ2v) is 4.96. The Morgan fingerprint density at radius 2 is 1.71 bits per heavy atom. The molecule has 1 heterocycles. The second-order valence-electron chi connectivity index (χ2n) is 4.96. The molecule has 0 aromatic heterocycles. The molecule has 0 bridgehead atoms. The Labute approximate surface area is 123 Å². The lowest BCUT2D eigenvalue weighted by Crippen LogP contribution is -2.57. The number of ether oxygens (including phenoxy) is 4. The molecular formula is C14H22O7. The Morgan fingerprint density at radius 1 is 1.14 bits per heavy atom. The molecule has 0 saturated carbocycles. The fourth-order valence-electron chi connectivity index (χ4n) is 2.46. The number of esters is 2. The first-order valence-electron chi connectivity index (χ1n) is 6.95. The average molecular weight is 302 g/mol. The van der Waals surface area contributed by atoms with Crippen molar-refractivity contribution >= 4 is 18.2 Å². The molecule has 7 nitrogen and oxygen atoms in total. The van der Waals surface area contributed by atoms with Crippen LogP contribution in [0.5, 0.6) is 0 Å². The lowest BCUT2D eigenvalue weighted by molar-refractivity contribution is -0.287. The van der Waals surface area contributed by atoms with Gasteiger partial charge in [-0.05, 0) is 6.42 Å². The highest BCUT2D eigenvalue weighted by Crippen LogP contribution is 2.32. The SMILES string of the molecule is CC[C@H]1OC(OCC=O)[C@H](OC(C)=O)[C@@H](OC(C)=O)[C@@H]1C. The van der Waals surface area contributed by atoms with Gasteiger partial charge in [0.15, 0.2) is 12.4 Å². The third-order valence-corrected chi connectivity index (χ3v) is 3.34. The molecule has 1 unspecified atom stereocenters. The number of rotatable bonds is 6. The third kappa shape index (κ3) is 4.78. The molecule has 0 aromatic rings. The predicted molar refractivity (Wildman–Crippen MR) is 71.2 cm³/mol. The quantitative estimate of drug-likeness (QED) is 0.530. The minimum atomic E-state index is -0.940. The molecule has 1 fully saturated rings. The maximum atomic E-state index is 11.3. The molecule has 1 saturated heterocycles. The molecule has 1 rings (SSSR count). The van der Waals surface area contributed by atoms with E-state index < -0.39 is 30.4 Å². The maximum absolute atomic E-state index is 11.3. The Bertz CT molecular complexity index is 382. The molecule has 7 heteroatoms. The molecule has 1 aliphatic rings. The van der Waals surface area contributed by atoms with Gasteiger partial charge in [-0.1, -0.05) is 13.8 Å². The summed E-state index contributed by atoms with van der Waals surface area (Å²) in [7, 11) is 0. The third-order valence-electron chi connectivity index (χ3n) is 3.34. The van der Waals surface area contributed by atoms with Crippen LogP contribution in [-0.2, 0) is 33.3 Å². The van der Waals surface area contributed by atoms with Crippen LogP contribution in [0.2, 0.25) is 0 Å². The van der Waals surface area contributed by atoms with E-state index in [0.29, 0.717) is 12.7 Å². The van der Waals surface area contributed by atoms with E-state index >= 15 is 0 Å². The van der Waals surface area contributed by atoms with Crippen molar-refractivity contribution in [3.8, 4) is 0 Å². The summed E-state index contributed by atoms with van der Waals surface area (Å²) in [4.78, 5) is 33.1. The average Bonchev–Trinajstić information content (AvgIpc) is 2.41. The molecule has 0 N–H and O–H groups in total. The van der Waals surface area contributed by atoms with Gasteiger partial charge >= 0.3 is 11.9 Å². The molecule has 21 heavy (non-hydrogen) atoms. The van der Waals surface area contributed by atoms with Crippen molar-refractivity contribution in [2.45, 2.75) is 58.7 Å². The molecule has 0 aliphatic carbocycles. The van der Waals surface area contributed by atoms with E-state index in [4.69, 9.17) is 18.9 Å². The van der Waals surface area contributed by atoms with Crippen LogP contribution >= 0.6 is 0 Å². The van der Waals surface area contributed by atoms with E-state index in [1.165, 1.54) is 13.8 Å². The van der Waals surface area contributed by atoms with Crippen LogP contribution in [0, 0.1) is 5.92 Å². The zero-order valence-corrected chi connectivity index (χ0v) is 12.7. The van der Waals surface area contributed by atoms with E-state index in [1.54, 1.807) is 0 Å². The van der Waals surface area contributed by atoms with E-state index in [0.717, 1.165) is 0 Å². The molecule has 120 valence electrons. The number of carbonyl (C=O) groups is 3. The van der Waals surface area contributed by atoms with Crippen LogP contribution in [0.3, 0.4) is 0 Å². The highest BCUT2D eigenvalue weighted by Gasteiger charge is 2.47. The fourth-order valence-corrected chi connectivity index (χ4v) is 2.46.